The van der Waals surface area contributed by atoms with Crippen LogP contribution in [0, 0.1) is 0 Å². The lowest BCUT2D eigenvalue weighted by molar-refractivity contribution is -0.113. The summed E-state index contributed by atoms with van der Waals surface area (Å²) in [6.07, 6.45) is 1.19. The second-order valence-corrected chi connectivity index (χ2v) is 11.2. The van der Waals surface area contributed by atoms with E-state index in [0.29, 0.717) is 18.7 Å². The highest BCUT2D eigenvalue weighted by Crippen LogP contribution is 2.35. The summed E-state index contributed by atoms with van der Waals surface area (Å²) < 4.78 is 69.9. The topological polar surface area (TPSA) is 124 Å². The maximum atomic E-state index is 13.6. The highest BCUT2D eigenvalue weighted by Gasteiger charge is 2.46. The lowest BCUT2D eigenvalue weighted by Gasteiger charge is -2.39. The Kier molecular flexibility index (Phi) is 10.7. The number of likely N-dealkylation sites (tertiary alicyclic amines) is 1. The van der Waals surface area contributed by atoms with E-state index in [-0.39, 0.29) is 51.9 Å². The Labute approximate surface area is 262 Å². The van der Waals surface area contributed by atoms with Gasteiger partial charge < -0.3 is 34.3 Å². The summed E-state index contributed by atoms with van der Waals surface area (Å²) >= 11 is 0. The number of hydrogen-bond acceptors (Lipinski definition) is 8. The number of halogens is 4. The van der Waals surface area contributed by atoms with Crippen LogP contribution in [0.1, 0.15) is 47.1 Å². The van der Waals surface area contributed by atoms with Crippen LogP contribution in [0.4, 0.5) is 23.4 Å². The van der Waals surface area contributed by atoms with E-state index in [1.54, 1.807) is 27.2 Å². The normalized spacial score (nSPS) is 14.6. The molecule has 2 amide bonds. The molecule has 1 aromatic carbocycles. The molecule has 4 rings (SSSR count). The smallest absolute Gasteiger partial charge is 0.387 e. The number of carbonyl (C=O) groups is 2. The highest BCUT2D eigenvalue weighted by molar-refractivity contribution is 6.05. The van der Waals surface area contributed by atoms with Gasteiger partial charge in [0.2, 0.25) is 5.88 Å². The zero-order valence-corrected chi connectivity index (χ0v) is 25.9. The molecule has 3 heterocycles. The first-order valence-electron chi connectivity index (χ1n) is 14.3. The van der Waals surface area contributed by atoms with Gasteiger partial charge in [-0.15, -0.1) is 0 Å². The molecule has 46 heavy (non-hydrogen) atoms. The van der Waals surface area contributed by atoms with Gasteiger partial charge in [0.25, 0.3) is 23.3 Å². The van der Waals surface area contributed by atoms with Gasteiger partial charge in [-0.05, 0) is 67.8 Å². The van der Waals surface area contributed by atoms with Crippen molar-refractivity contribution in [2.24, 2.45) is 7.05 Å². The van der Waals surface area contributed by atoms with E-state index in [1.165, 1.54) is 41.9 Å². The molecule has 0 aliphatic carbocycles. The van der Waals surface area contributed by atoms with Crippen LogP contribution in [0.5, 0.6) is 11.6 Å². The number of anilines is 1. The second kappa shape index (κ2) is 14.3. The molecule has 0 radical (unpaired) electrons. The van der Waals surface area contributed by atoms with Crippen LogP contribution in [0.15, 0.2) is 47.4 Å². The monoisotopic (exact) mass is 649 g/mol. The number of methoxy groups -OCH3 is 1. The van der Waals surface area contributed by atoms with Crippen LogP contribution < -0.4 is 25.7 Å². The molecule has 1 aliphatic heterocycles. The summed E-state index contributed by atoms with van der Waals surface area (Å²) in [5, 5.41) is 5.79. The third-order valence-corrected chi connectivity index (χ3v) is 6.94. The third kappa shape index (κ3) is 8.60. The number of amides is 2. The largest absolute Gasteiger partial charge is 0.475 e. The number of hydrogen-bond donors (Lipinski definition) is 2. The zero-order valence-electron chi connectivity index (χ0n) is 25.9. The van der Waals surface area contributed by atoms with Crippen molar-refractivity contribution in [3.63, 3.8) is 0 Å². The zero-order chi connectivity index (χ0) is 33.8. The van der Waals surface area contributed by atoms with Crippen LogP contribution in [0.25, 0.3) is 11.1 Å². The van der Waals surface area contributed by atoms with Gasteiger partial charge in [-0.25, -0.2) is 8.78 Å². The van der Waals surface area contributed by atoms with Gasteiger partial charge in [-0.3, -0.25) is 14.4 Å². The molecule has 2 N–H and O–H groups in total. The summed E-state index contributed by atoms with van der Waals surface area (Å²) in [6, 6.07) is 7.85. The van der Waals surface area contributed by atoms with Crippen molar-refractivity contribution < 1.29 is 41.4 Å². The van der Waals surface area contributed by atoms with E-state index in [0.717, 1.165) is 11.0 Å². The van der Waals surface area contributed by atoms with Gasteiger partial charge >= 0.3 is 6.61 Å². The maximum Gasteiger partial charge on any atom is 0.387 e. The molecule has 0 saturated carbocycles. The standard InChI is InChI=1S/C31H35F4N5O6/c1-17(2)45-26-10-20(22-7-6-21(46-30(32)33)11-23(22)29(43)40-15-31(34,35)16-40)9-25(37-26)38-27(41)24-8-19(14-39(4)28(24)42)13-36-12-18(3)44-5/h6-11,14,17-18,30,36H,12-13,15-16H2,1-5H3,(H,37,38,41)/t18-/m0/s1. The summed E-state index contributed by atoms with van der Waals surface area (Å²) in [6.45, 7) is 1.39. The quantitative estimate of drug-likeness (QED) is 0.263. The molecule has 2 aromatic heterocycles. The molecule has 0 bridgehead atoms. The summed E-state index contributed by atoms with van der Waals surface area (Å²) in [7, 11) is 3.10. The van der Waals surface area contributed by atoms with Crippen molar-refractivity contribution in [2.75, 3.05) is 32.1 Å². The number of nitrogens with zero attached hydrogens (tertiary/aromatic N) is 3. The van der Waals surface area contributed by atoms with Crippen molar-refractivity contribution in [2.45, 2.75) is 52.1 Å². The van der Waals surface area contributed by atoms with Crippen molar-refractivity contribution in [1.29, 1.82) is 0 Å². The minimum Gasteiger partial charge on any atom is -0.475 e. The van der Waals surface area contributed by atoms with Gasteiger partial charge in [-0.1, -0.05) is 0 Å². The Balaban J connectivity index is 1.71. The summed E-state index contributed by atoms with van der Waals surface area (Å²) in [4.78, 5) is 44.8. The lowest BCUT2D eigenvalue weighted by Crippen LogP contribution is -2.58. The number of aryl methyl sites for hydroxylation is 1. The molecule has 0 spiro atoms. The molecule has 1 fully saturated rings. The number of nitrogens with one attached hydrogen (secondary N) is 2. The maximum absolute atomic E-state index is 13.6. The number of pyridine rings is 2. The van der Waals surface area contributed by atoms with Gasteiger partial charge in [-0.2, -0.15) is 13.8 Å². The number of carbonyl (C=O) groups excluding carboxylic acids is 2. The molecule has 15 heteroatoms. The molecule has 3 aromatic rings. The molecule has 248 valence electrons. The number of benzene rings is 1. The van der Waals surface area contributed by atoms with Crippen LogP contribution >= 0.6 is 0 Å². The first-order chi connectivity index (χ1) is 21.6. The van der Waals surface area contributed by atoms with Crippen molar-refractivity contribution >= 4 is 17.6 Å². The SMILES string of the molecule is CO[C@@H](C)CNCc1cc(C(=O)Nc2cc(-c3ccc(OC(F)F)cc3C(=O)N3CC(F)(F)C3)cc(OC(C)C)n2)c(=O)n(C)c1. The molecular weight excluding hydrogens is 614 g/mol. The fourth-order valence-corrected chi connectivity index (χ4v) is 4.71. The van der Waals surface area contributed by atoms with Gasteiger partial charge in [0.1, 0.15) is 17.1 Å². The van der Waals surface area contributed by atoms with E-state index in [4.69, 9.17) is 9.47 Å². The highest BCUT2D eigenvalue weighted by atomic mass is 19.3. The summed E-state index contributed by atoms with van der Waals surface area (Å²) in [5.41, 5.74) is 0.149. The number of aromatic nitrogens is 2. The van der Waals surface area contributed by atoms with Crippen molar-refractivity contribution in [3.05, 3.63) is 69.6 Å². The fourth-order valence-electron chi connectivity index (χ4n) is 4.71. The van der Waals surface area contributed by atoms with E-state index in [2.05, 4.69) is 20.4 Å². The Morgan fingerprint density at radius 1 is 1.04 bits per heavy atom. The molecule has 1 atom stereocenters. The molecule has 1 saturated heterocycles. The molecular formula is C31H35F4N5O6. The first-order valence-corrected chi connectivity index (χ1v) is 14.3. The molecule has 11 nitrogen and oxygen atoms in total. The lowest BCUT2D eigenvalue weighted by atomic mass is 9.97. The van der Waals surface area contributed by atoms with Crippen LogP contribution in [-0.4, -0.2) is 77.8 Å². The average Bonchev–Trinajstić information content (AvgIpc) is 2.96. The summed E-state index contributed by atoms with van der Waals surface area (Å²) in [5.74, 6) is -5.04. The fraction of sp³-hybridized carbons (Fsp3) is 0.419. The van der Waals surface area contributed by atoms with Crippen LogP contribution in [0.3, 0.4) is 0 Å². The predicted octanol–water partition coefficient (Wildman–Crippen LogP) is 4.30. The van der Waals surface area contributed by atoms with E-state index in [1.807, 2.05) is 6.92 Å². The number of rotatable bonds is 13. The minimum atomic E-state index is -3.19. The molecule has 1 aliphatic rings. The predicted molar refractivity (Wildman–Crippen MR) is 161 cm³/mol. The van der Waals surface area contributed by atoms with E-state index < -0.39 is 43.0 Å². The van der Waals surface area contributed by atoms with Gasteiger partial charge in [0.05, 0.1) is 30.9 Å². The average molecular weight is 650 g/mol. The first kappa shape index (κ1) is 34.4. The van der Waals surface area contributed by atoms with Crippen LogP contribution in [0.2, 0.25) is 0 Å². The Hall–Kier alpha value is -4.50. The van der Waals surface area contributed by atoms with Crippen LogP contribution in [-0.2, 0) is 18.3 Å². The van der Waals surface area contributed by atoms with Gasteiger partial charge in [0, 0.05) is 39.5 Å². The third-order valence-electron chi connectivity index (χ3n) is 6.94. The molecule has 0 unspecified atom stereocenters. The number of ether oxygens (including phenoxy) is 3. The Bertz CT molecular complexity index is 1640. The second-order valence-electron chi connectivity index (χ2n) is 11.2. The Morgan fingerprint density at radius 3 is 2.39 bits per heavy atom. The van der Waals surface area contributed by atoms with Crippen molar-refractivity contribution in [1.82, 2.24) is 19.8 Å². The number of alkyl halides is 4. The minimum absolute atomic E-state index is 0.0303. The van der Waals surface area contributed by atoms with E-state index in [9.17, 15) is 31.9 Å². The Morgan fingerprint density at radius 2 is 1.76 bits per heavy atom. The van der Waals surface area contributed by atoms with E-state index >= 15 is 0 Å². The van der Waals surface area contributed by atoms with Crippen molar-refractivity contribution in [3.8, 4) is 22.8 Å². The van der Waals surface area contributed by atoms with Gasteiger partial charge in [0.15, 0.2) is 0 Å².